The van der Waals surface area contributed by atoms with E-state index >= 15 is 0 Å². The third-order valence-corrected chi connectivity index (χ3v) is 5.80. The van der Waals surface area contributed by atoms with Crippen LogP contribution < -0.4 is 5.32 Å². The van der Waals surface area contributed by atoms with E-state index in [1.54, 1.807) is 35.4 Å². The molecule has 0 atom stereocenters. The lowest BCUT2D eigenvalue weighted by atomic mass is 10.1. The third-order valence-electron chi connectivity index (χ3n) is 5.55. The molecule has 0 saturated heterocycles. The maximum atomic E-state index is 13.0. The summed E-state index contributed by atoms with van der Waals surface area (Å²) in [5.41, 5.74) is 5.64. The molecule has 0 aliphatic heterocycles. The van der Waals surface area contributed by atoms with E-state index in [4.69, 9.17) is 11.6 Å². The van der Waals surface area contributed by atoms with Crippen LogP contribution in [0.1, 0.15) is 16.1 Å². The van der Waals surface area contributed by atoms with Gasteiger partial charge >= 0.3 is 0 Å². The number of fused-ring (bicyclic) bond motifs is 1. The van der Waals surface area contributed by atoms with E-state index in [9.17, 15) is 4.79 Å². The van der Waals surface area contributed by atoms with Gasteiger partial charge in [0.2, 0.25) is 0 Å². The van der Waals surface area contributed by atoms with Gasteiger partial charge in [0.25, 0.3) is 5.91 Å². The molecule has 2 aromatic carbocycles. The Balaban J connectivity index is 1.38. The standard InChI is InChI=1S/C25H22ClN7O/c1-32-15-28-20-8-3-16(11-23(20)32)9-10-27-25(34)22-12-21(17-4-6-19(26)7-5-17)30-24(31-22)18-13-29-33(2)14-18/h3-8,11-15H,9-10H2,1-2H3,(H,27,34). The minimum absolute atomic E-state index is 0.260. The van der Waals surface area contributed by atoms with Crippen molar-refractivity contribution in [2.45, 2.75) is 6.42 Å². The number of nitrogens with one attached hydrogen (secondary N) is 1. The van der Waals surface area contributed by atoms with E-state index in [0.717, 1.165) is 27.7 Å². The molecule has 1 N–H and O–H groups in total. The second-order valence-electron chi connectivity index (χ2n) is 8.06. The Morgan fingerprint density at radius 2 is 1.85 bits per heavy atom. The second kappa shape index (κ2) is 9.07. The maximum absolute atomic E-state index is 13.0. The molecule has 0 radical (unpaired) electrons. The summed E-state index contributed by atoms with van der Waals surface area (Å²) in [6.07, 6.45) is 5.98. The van der Waals surface area contributed by atoms with Gasteiger partial charge in [-0.15, -0.1) is 0 Å². The summed E-state index contributed by atoms with van der Waals surface area (Å²) in [7, 11) is 3.79. The van der Waals surface area contributed by atoms with E-state index in [-0.39, 0.29) is 5.91 Å². The topological polar surface area (TPSA) is 90.5 Å². The number of imidazole rings is 1. The third kappa shape index (κ3) is 4.53. The molecule has 0 fully saturated rings. The molecule has 0 saturated carbocycles. The van der Waals surface area contributed by atoms with Crippen LogP contribution in [0.15, 0.2) is 67.3 Å². The summed E-state index contributed by atoms with van der Waals surface area (Å²) in [4.78, 5) is 26.6. The van der Waals surface area contributed by atoms with E-state index in [0.29, 0.717) is 35.2 Å². The maximum Gasteiger partial charge on any atom is 0.270 e. The number of nitrogens with zero attached hydrogens (tertiary/aromatic N) is 6. The number of carbonyl (C=O) groups excluding carboxylic acids is 1. The molecule has 8 nitrogen and oxygen atoms in total. The minimum Gasteiger partial charge on any atom is -0.350 e. The molecule has 1 amide bonds. The van der Waals surface area contributed by atoms with Gasteiger partial charge in [-0.05, 0) is 42.3 Å². The van der Waals surface area contributed by atoms with Gasteiger partial charge in [-0.2, -0.15) is 5.10 Å². The van der Waals surface area contributed by atoms with Crippen LogP contribution in [0.4, 0.5) is 0 Å². The van der Waals surface area contributed by atoms with Crippen molar-refractivity contribution in [3.05, 3.63) is 83.5 Å². The molecule has 9 heteroatoms. The first-order chi connectivity index (χ1) is 16.5. The lowest BCUT2D eigenvalue weighted by Gasteiger charge is -2.09. The van der Waals surface area contributed by atoms with E-state index in [1.807, 2.05) is 49.1 Å². The monoisotopic (exact) mass is 471 g/mol. The second-order valence-corrected chi connectivity index (χ2v) is 8.49. The van der Waals surface area contributed by atoms with Crippen molar-refractivity contribution < 1.29 is 4.79 Å². The Labute approximate surface area is 201 Å². The molecular formula is C25H22ClN7O. The number of amides is 1. The zero-order valence-corrected chi connectivity index (χ0v) is 19.5. The highest BCUT2D eigenvalue weighted by Crippen LogP contribution is 2.24. The van der Waals surface area contributed by atoms with E-state index < -0.39 is 0 Å². The number of carbonyl (C=O) groups is 1. The first kappa shape index (κ1) is 21.8. The molecule has 3 aromatic heterocycles. The van der Waals surface area contributed by atoms with Crippen molar-refractivity contribution in [1.29, 1.82) is 0 Å². The Bertz CT molecular complexity index is 1490. The quantitative estimate of drug-likeness (QED) is 0.403. The van der Waals surface area contributed by atoms with Gasteiger partial charge in [0.15, 0.2) is 5.82 Å². The molecule has 0 aliphatic rings. The molecule has 0 aliphatic carbocycles. The lowest BCUT2D eigenvalue weighted by molar-refractivity contribution is 0.0949. The minimum atomic E-state index is -0.260. The van der Waals surface area contributed by atoms with Crippen molar-refractivity contribution in [2.24, 2.45) is 14.1 Å². The molecule has 0 unspecified atom stereocenters. The SMILES string of the molecule is Cn1cc(-c2nc(C(=O)NCCc3ccc4ncn(C)c4c3)cc(-c3ccc(Cl)cc3)n2)cn1. The average molecular weight is 472 g/mol. The summed E-state index contributed by atoms with van der Waals surface area (Å²) in [6, 6.07) is 15.1. The van der Waals surface area contributed by atoms with Crippen molar-refractivity contribution in [3.63, 3.8) is 0 Å². The summed E-state index contributed by atoms with van der Waals surface area (Å²) in [5.74, 6) is 0.178. The van der Waals surface area contributed by atoms with Crippen LogP contribution >= 0.6 is 11.6 Å². The molecular weight excluding hydrogens is 450 g/mol. The van der Waals surface area contributed by atoms with E-state index in [1.165, 1.54) is 0 Å². The lowest BCUT2D eigenvalue weighted by Crippen LogP contribution is -2.27. The van der Waals surface area contributed by atoms with Crippen molar-refractivity contribution in [2.75, 3.05) is 6.54 Å². The fourth-order valence-corrected chi connectivity index (χ4v) is 3.86. The van der Waals surface area contributed by atoms with Crippen molar-refractivity contribution in [3.8, 4) is 22.6 Å². The highest BCUT2D eigenvalue weighted by atomic mass is 35.5. The molecule has 3 heterocycles. The molecule has 0 spiro atoms. The molecule has 170 valence electrons. The normalized spacial score (nSPS) is 11.1. The molecule has 5 rings (SSSR count). The number of halogens is 1. The van der Waals surface area contributed by atoms with Gasteiger partial charge in [-0.1, -0.05) is 29.8 Å². The van der Waals surface area contributed by atoms with Gasteiger partial charge in [0.05, 0.1) is 34.8 Å². The van der Waals surface area contributed by atoms with Gasteiger partial charge in [-0.3, -0.25) is 9.48 Å². The largest absolute Gasteiger partial charge is 0.350 e. The number of aromatic nitrogens is 6. The smallest absolute Gasteiger partial charge is 0.270 e. The summed E-state index contributed by atoms with van der Waals surface area (Å²) in [6.45, 7) is 0.477. The van der Waals surface area contributed by atoms with Crippen LogP contribution in [0.3, 0.4) is 0 Å². The first-order valence-electron chi connectivity index (χ1n) is 10.8. The van der Waals surface area contributed by atoms with Crippen molar-refractivity contribution in [1.82, 2.24) is 34.6 Å². The number of benzene rings is 2. The van der Waals surface area contributed by atoms with Crippen LogP contribution in [0, 0.1) is 0 Å². The van der Waals surface area contributed by atoms with Gasteiger partial charge in [0, 0.05) is 37.4 Å². The average Bonchev–Trinajstić information content (AvgIpc) is 3.45. The molecule has 5 aromatic rings. The number of aryl methyl sites for hydroxylation is 2. The fraction of sp³-hybridized carbons (Fsp3) is 0.160. The van der Waals surface area contributed by atoms with Gasteiger partial charge in [0.1, 0.15) is 5.69 Å². The zero-order chi connectivity index (χ0) is 23.7. The molecule has 34 heavy (non-hydrogen) atoms. The number of hydrogen-bond acceptors (Lipinski definition) is 5. The number of rotatable bonds is 6. The Morgan fingerprint density at radius 3 is 2.62 bits per heavy atom. The van der Waals surface area contributed by atoms with Crippen LogP contribution in [0.25, 0.3) is 33.7 Å². The predicted molar refractivity (Wildman–Crippen MR) is 131 cm³/mol. The van der Waals surface area contributed by atoms with Crippen molar-refractivity contribution >= 4 is 28.5 Å². The van der Waals surface area contributed by atoms with Crippen LogP contribution in [-0.2, 0) is 20.5 Å². The van der Waals surface area contributed by atoms with Gasteiger partial charge in [-0.25, -0.2) is 15.0 Å². The predicted octanol–water partition coefficient (Wildman–Crippen LogP) is 4.06. The fourth-order valence-electron chi connectivity index (χ4n) is 3.74. The van der Waals surface area contributed by atoms with Crippen LogP contribution in [0.2, 0.25) is 5.02 Å². The van der Waals surface area contributed by atoms with Crippen LogP contribution in [-0.4, -0.2) is 41.8 Å². The Hall–Kier alpha value is -4.04. The molecule has 0 bridgehead atoms. The summed E-state index contributed by atoms with van der Waals surface area (Å²) in [5, 5.41) is 7.82. The zero-order valence-electron chi connectivity index (χ0n) is 18.7. The van der Waals surface area contributed by atoms with Gasteiger partial charge < -0.3 is 9.88 Å². The summed E-state index contributed by atoms with van der Waals surface area (Å²) < 4.78 is 3.66. The highest BCUT2D eigenvalue weighted by Gasteiger charge is 2.15. The van der Waals surface area contributed by atoms with Crippen LogP contribution in [0.5, 0.6) is 0 Å². The first-order valence-corrected chi connectivity index (χ1v) is 11.2. The summed E-state index contributed by atoms with van der Waals surface area (Å²) >= 11 is 6.04. The Kier molecular flexibility index (Phi) is 5.81. The highest BCUT2D eigenvalue weighted by molar-refractivity contribution is 6.30. The number of hydrogen-bond donors (Lipinski definition) is 1. The Morgan fingerprint density at radius 1 is 1.03 bits per heavy atom. The van der Waals surface area contributed by atoms with E-state index in [2.05, 4.69) is 31.4 Å².